The van der Waals surface area contributed by atoms with Crippen molar-refractivity contribution in [3.05, 3.63) is 40.4 Å². The monoisotopic (exact) mass is 523 g/mol. The molecule has 3 aliphatic rings. The Morgan fingerprint density at radius 1 is 1.17 bits per heavy atom. The van der Waals surface area contributed by atoms with Crippen LogP contribution in [0.4, 0.5) is 0 Å². The Labute approximate surface area is 224 Å². The van der Waals surface area contributed by atoms with E-state index >= 15 is 0 Å². The Kier molecular flexibility index (Phi) is 7.87. The highest BCUT2D eigenvalue weighted by molar-refractivity contribution is 8.26. The van der Waals surface area contributed by atoms with Crippen LogP contribution in [0.25, 0.3) is 17.0 Å². The third-order valence-electron chi connectivity index (χ3n) is 8.23. The van der Waals surface area contributed by atoms with Crippen molar-refractivity contribution < 1.29 is 9.59 Å². The fourth-order valence-corrected chi connectivity index (χ4v) is 7.24. The Bertz CT molecular complexity index is 1190. The SMILES string of the molecule is CCc1cccc2c(/C=C3\SC(=S)N(CCC4CCCC4)C3=O)cn(CC(=O)N3CCC(C)CC3)c12. The predicted octanol–water partition coefficient (Wildman–Crippen LogP) is 6.24. The molecule has 2 saturated heterocycles. The van der Waals surface area contributed by atoms with Crippen LogP contribution < -0.4 is 0 Å². The molecule has 2 aromatic rings. The summed E-state index contributed by atoms with van der Waals surface area (Å²) in [5.41, 5.74) is 3.30. The Balaban J connectivity index is 1.40. The molecule has 36 heavy (non-hydrogen) atoms. The topological polar surface area (TPSA) is 45.6 Å². The highest BCUT2D eigenvalue weighted by Gasteiger charge is 2.33. The lowest BCUT2D eigenvalue weighted by atomic mass is 9.99. The van der Waals surface area contributed by atoms with Crippen LogP contribution in [0.1, 0.15) is 69.9 Å². The Hall–Kier alpha value is -2.12. The van der Waals surface area contributed by atoms with Gasteiger partial charge in [0.25, 0.3) is 5.91 Å². The third kappa shape index (κ3) is 5.28. The van der Waals surface area contributed by atoms with Crippen molar-refractivity contribution in [2.24, 2.45) is 11.8 Å². The minimum Gasteiger partial charge on any atom is -0.341 e. The number of rotatable bonds is 7. The van der Waals surface area contributed by atoms with E-state index in [2.05, 4.69) is 42.8 Å². The van der Waals surface area contributed by atoms with E-state index in [1.165, 1.54) is 43.0 Å². The van der Waals surface area contributed by atoms with E-state index in [-0.39, 0.29) is 11.8 Å². The summed E-state index contributed by atoms with van der Waals surface area (Å²) in [6.07, 6.45) is 13.3. The van der Waals surface area contributed by atoms with Crippen molar-refractivity contribution in [2.45, 2.75) is 71.8 Å². The zero-order chi connectivity index (χ0) is 25.2. The van der Waals surface area contributed by atoms with Gasteiger partial charge in [-0.05, 0) is 49.2 Å². The summed E-state index contributed by atoms with van der Waals surface area (Å²) in [6, 6.07) is 6.31. The van der Waals surface area contributed by atoms with Gasteiger partial charge in [-0.25, -0.2) is 0 Å². The minimum absolute atomic E-state index is 0.0223. The van der Waals surface area contributed by atoms with Crippen LogP contribution in [-0.4, -0.2) is 50.1 Å². The number of fused-ring (bicyclic) bond motifs is 1. The Morgan fingerprint density at radius 2 is 1.92 bits per heavy atom. The van der Waals surface area contributed by atoms with Crippen molar-refractivity contribution in [1.29, 1.82) is 0 Å². The van der Waals surface area contributed by atoms with E-state index in [0.29, 0.717) is 21.7 Å². The number of amides is 2. The summed E-state index contributed by atoms with van der Waals surface area (Å²) in [5.74, 6) is 1.62. The van der Waals surface area contributed by atoms with Crippen molar-refractivity contribution >= 4 is 57.1 Å². The lowest BCUT2D eigenvalue weighted by Crippen LogP contribution is -2.39. The molecule has 0 N–H and O–H groups in total. The molecule has 3 fully saturated rings. The van der Waals surface area contributed by atoms with Gasteiger partial charge in [0, 0.05) is 36.8 Å². The third-order valence-corrected chi connectivity index (χ3v) is 9.61. The number of carbonyl (C=O) groups is 2. The normalized spacial score (nSPS) is 21.0. The molecular formula is C29H37N3O2S2. The fraction of sp³-hybridized carbons (Fsp3) is 0.552. The number of carbonyl (C=O) groups excluding carboxylic acids is 2. The van der Waals surface area contributed by atoms with Crippen LogP contribution in [0.5, 0.6) is 0 Å². The first-order valence-electron chi connectivity index (χ1n) is 13.6. The summed E-state index contributed by atoms with van der Waals surface area (Å²) in [6.45, 7) is 7.15. The van der Waals surface area contributed by atoms with Gasteiger partial charge in [0.1, 0.15) is 10.9 Å². The first kappa shape index (κ1) is 25.5. The van der Waals surface area contributed by atoms with E-state index in [9.17, 15) is 9.59 Å². The average Bonchev–Trinajstić information content (AvgIpc) is 3.58. The number of aromatic nitrogens is 1. The van der Waals surface area contributed by atoms with Gasteiger partial charge in [-0.2, -0.15) is 0 Å². The van der Waals surface area contributed by atoms with Crippen LogP contribution in [0.15, 0.2) is 29.3 Å². The first-order chi connectivity index (χ1) is 17.4. The van der Waals surface area contributed by atoms with E-state index < -0.39 is 0 Å². The number of hydrogen-bond donors (Lipinski definition) is 0. The van der Waals surface area contributed by atoms with Gasteiger partial charge in [0.05, 0.1) is 10.4 Å². The standard InChI is InChI=1S/C29H37N3O2S2/c1-3-22-9-6-10-24-23(18-31(27(22)24)19-26(33)30-14-11-20(2)12-15-30)17-25-28(34)32(29(35)36-25)16-13-21-7-4-5-8-21/h6,9-10,17-18,20-21H,3-5,7-8,11-16,19H2,1-2H3/b25-17-. The molecule has 1 aliphatic carbocycles. The molecule has 3 heterocycles. The number of nitrogens with zero attached hydrogens (tertiary/aromatic N) is 3. The molecule has 1 aromatic heterocycles. The molecular weight excluding hydrogens is 486 g/mol. The maximum absolute atomic E-state index is 13.3. The lowest BCUT2D eigenvalue weighted by Gasteiger charge is -2.30. The number of likely N-dealkylation sites (tertiary alicyclic amines) is 1. The zero-order valence-corrected chi connectivity index (χ0v) is 23.1. The largest absolute Gasteiger partial charge is 0.341 e. The zero-order valence-electron chi connectivity index (χ0n) is 21.5. The summed E-state index contributed by atoms with van der Waals surface area (Å²) in [4.78, 5) is 31.0. The number of thiocarbonyl (C=S) groups is 1. The van der Waals surface area contributed by atoms with Crippen molar-refractivity contribution in [1.82, 2.24) is 14.4 Å². The predicted molar refractivity (Wildman–Crippen MR) is 153 cm³/mol. The molecule has 0 bridgehead atoms. The number of aryl methyl sites for hydroxylation is 1. The number of benzene rings is 1. The van der Waals surface area contributed by atoms with Gasteiger partial charge in [0.2, 0.25) is 5.91 Å². The van der Waals surface area contributed by atoms with Crippen LogP contribution in [0.3, 0.4) is 0 Å². The van der Waals surface area contributed by atoms with E-state index in [0.717, 1.165) is 67.7 Å². The second-order valence-corrected chi connectivity index (χ2v) is 12.4. The summed E-state index contributed by atoms with van der Waals surface area (Å²) >= 11 is 7.01. The highest BCUT2D eigenvalue weighted by Crippen LogP contribution is 2.36. The van der Waals surface area contributed by atoms with Gasteiger partial charge >= 0.3 is 0 Å². The second kappa shape index (κ2) is 11.1. The average molecular weight is 524 g/mol. The van der Waals surface area contributed by atoms with Gasteiger partial charge in [-0.15, -0.1) is 0 Å². The summed E-state index contributed by atoms with van der Waals surface area (Å²) in [5, 5.41) is 1.09. The van der Waals surface area contributed by atoms with Crippen LogP contribution in [0, 0.1) is 11.8 Å². The van der Waals surface area contributed by atoms with Crippen LogP contribution >= 0.6 is 24.0 Å². The highest BCUT2D eigenvalue weighted by atomic mass is 32.2. The molecule has 1 saturated carbocycles. The van der Waals surface area contributed by atoms with Crippen molar-refractivity contribution in [2.75, 3.05) is 19.6 Å². The molecule has 0 spiro atoms. The molecule has 2 aliphatic heterocycles. The van der Waals surface area contributed by atoms with Gasteiger partial charge in [-0.3, -0.25) is 14.5 Å². The number of thioether (sulfide) groups is 1. The molecule has 0 radical (unpaired) electrons. The minimum atomic E-state index is 0.0223. The van der Waals surface area contributed by atoms with E-state index in [4.69, 9.17) is 12.2 Å². The van der Waals surface area contributed by atoms with Crippen molar-refractivity contribution in [3.8, 4) is 0 Å². The number of para-hydroxylation sites is 1. The fourth-order valence-electron chi connectivity index (χ4n) is 5.94. The van der Waals surface area contributed by atoms with Gasteiger partial charge in [-0.1, -0.05) is 81.7 Å². The molecule has 1 aromatic carbocycles. The second-order valence-electron chi connectivity index (χ2n) is 10.7. The molecule has 2 amide bonds. The maximum Gasteiger partial charge on any atom is 0.266 e. The quantitative estimate of drug-likeness (QED) is 0.318. The molecule has 7 heteroatoms. The number of piperidine rings is 1. The first-order valence-corrected chi connectivity index (χ1v) is 14.8. The smallest absolute Gasteiger partial charge is 0.266 e. The summed E-state index contributed by atoms with van der Waals surface area (Å²) in [7, 11) is 0. The maximum atomic E-state index is 13.3. The Morgan fingerprint density at radius 3 is 2.64 bits per heavy atom. The molecule has 0 unspecified atom stereocenters. The molecule has 5 rings (SSSR count). The van der Waals surface area contributed by atoms with E-state index in [1.54, 1.807) is 4.90 Å². The van der Waals surface area contributed by atoms with Crippen molar-refractivity contribution in [3.63, 3.8) is 0 Å². The van der Waals surface area contributed by atoms with E-state index in [1.807, 2.05) is 11.0 Å². The number of hydrogen-bond acceptors (Lipinski definition) is 4. The van der Waals surface area contributed by atoms with Crippen LogP contribution in [-0.2, 0) is 22.6 Å². The van der Waals surface area contributed by atoms with Crippen LogP contribution in [0.2, 0.25) is 0 Å². The van der Waals surface area contributed by atoms with Gasteiger partial charge in [0.15, 0.2) is 0 Å². The lowest BCUT2D eigenvalue weighted by molar-refractivity contribution is -0.133. The molecule has 192 valence electrons. The van der Waals surface area contributed by atoms with Gasteiger partial charge < -0.3 is 9.47 Å². The summed E-state index contributed by atoms with van der Waals surface area (Å²) < 4.78 is 2.76. The molecule has 0 atom stereocenters. The molecule has 5 nitrogen and oxygen atoms in total.